The number of alkyl halides is 2. The molecule has 0 aromatic carbocycles. The monoisotopic (exact) mass is 163 g/mol. The second-order valence-electron chi connectivity index (χ2n) is 3.59. The number of hydrogen-bond donors (Lipinski definition) is 0. The predicted molar refractivity (Wildman–Crippen MR) is 40.9 cm³/mol. The van der Waals surface area contributed by atoms with Gasteiger partial charge in [0.25, 0.3) is 5.92 Å². The number of likely N-dealkylation sites (tertiary alicyclic amines) is 1. The maximum Gasteiger partial charge on any atom is 0.260 e. The van der Waals surface area contributed by atoms with Gasteiger partial charge in [-0.1, -0.05) is 0 Å². The molecule has 1 unspecified atom stereocenters. The zero-order valence-electron chi connectivity index (χ0n) is 7.27. The Morgan fingerprint density at radius 1 is 1.45 bits per heavy atom. The maximum absolute atomic E-state index is 12.7. The highest BCUT2D eigenvalue weighted by molar-refractivity contribution is 4.92. The third kappa shape index (κ3) is 1.70. The van der Waals surface area contributed by atoms with Crippen molar-refractivity contribution in [1.82, 2.24) is 4.90 Å². The van der Waals surface area contributed by atoms with Gasteiger partial charge in [0.05, 0.1) is 6.04 Å². The lowest BCUT2D eigenvalue weighted by Crippen LogP contribution is -2.58. The van der Waals surface area contributed by atoms with Crippen molar-refractivity contribution in [3.05, 3.63) is 0 Å². The Morgan fingerprint density at radius 3 is 2.09 bits per heavy atom. The minimum atomic E-state index is -2.53. The molecule has 1 aliphatic rings. The van der Waals surface area contributed by atoms with Gasteiger partial charge in [-0.15, -0.1) is 0 Å². The van der Waals surface area contributed by atoms with Crippen molar-refractivity contribution in [1.29, 1.82) is 0 Å². The van der Waals surface area contributed by atoms with E-state index in [0.29, 0.717) is 6.42 Å². The van der Waals surface area contributed by atoms with Crippen LogP contribution in [0.5, 0.6) is 0 Å². The molecule has 0 bridgehead atoms. The van der Waals surface area contributed by atoms with E-state index in [1.807, 2.05) is 18.7 Å². The summed E-state index contributed by atoms with van der Waals surface area (Å²) in [5.74, 6) is -2.53. The Balaban J connectivity index is 2.50. The van der Waals surface area contributed by atoms with Crippen LogP contribution < -0.4 is 0 Å². The molecule has 1 atom stereocenters. The van der Waals surface area contributed by atoms with E-state index in [1.165, 1.54) is 0 Å². The van der Waals surface area contributed by atoms with Crippen molar-refractivity contribution in [2.45, 2.75) is 45.2 Å². The minimum absolute atomic E-state index is 0.250. The Morgan fingerprint density at radius 2 is 2.00 bits per heavy atom. The highest BCUT2D eigenvalue weighted by atomic mass is 19.3. The van der Waals surface area contributed by atoms with Crippen molar-refractivity contribution in [3.63, 3.8) is 0 Å². The lowest BCUT2D eigenvalue weighted by molar-refractivity contribution is -0.120. The van der Waals surface area contributed by atoms with Gasteiger partial charge in [0.1, 0.15) is 0 Å². The van der Waals surface area contributed by atoms with E-state index in [-0.39, 0.29) is 6.04 Å². The summed E-state index contributed by atoms with van der Waals surface area (Å²) in [6.07, 6.45) is 0.641. The molecule has 0 aromatic rings. The fraction of sp³-hybridized carbons (Fsp3) is 1.00. The lowest BCUT2D eigenvalue weighted by atomic mass is 9.95. The average molecular weight is 163 g/mol. The molecule has 0 saturated carbocycles. The zero-order valence-corrected chi connectivity index (χ0v) is 7.27. The summed E-state index contributed by atoms with van der Waals surface area (Å²) < 4.78 is 25.5. The highest BCUT2D eigenvalue weighted by Gasteiger charge is 2.44. The van der Waals surface area contributed by atoms with E-state index < -0.39 is 12.0 Å². The molecule has 0 spiro atoms. The normalized spacial score (nSPS) is 27.3. The number of halogens is 2. The van der Waals surface area contributed by atoms with Gasteiger partial charge in [0.15, 0.2) is 0 Å². The van der Waals surface area contributed by atoms with Crippen LogP contribution >= 0.6 is 0 Å². The summed E-state index contributed by atoms with van der Waals surface area (Å²) >= 11 is 0. The average Bonchev–Trinajstić information content (AvgIpc) is 1.51. The van der Waals surface area contributed by atoms with Crippen molar-refractivity contribution < 1.29 is 8.78 Å². The molecule has 1 aliphatic heterocycles. The third-order valence-electron chi connectivity index (χ3n) is 2.31. The molecule has 1 nitrogen and oxygen atoms in total. The molecular weight excluding hydrogens is 148 g/mol. The molecule has 1 saturated heterocycles. The van der Waals surface area contributed by atoms with Crippen molar-refractivity contribution in [2.24, 2.45) is 0 Å². The standard InChI is InChI=1S/C8H15F2N/c1-6(2)11-5-4-7(11)8(3,9)10/h6-7H,4-5H2,1-3H3. The first-order valence-electron chi connectivity index (χ1n) is 4.06. The van der Waals surface area contributed by atoms with Gasteiger partial charge in [-0.25, -0.2) is 8.78 Å². The second kappa shape index (κ2) is 2.70. The van der Waals surface area contributed by atoms with Crippen LogP contribution in [0.25, 0.3) is 0 Å². The summed E-state index contributed by atoms with van der Waals surface area (Å²) in [6, 6.07) is -0.262. The summed E-state index contributed by atoms with van der Waals surface area (Å²) in [5.41, 5.74) is 0. The van der Waals surface area contributed by atoms with Crippen molar-refractivity contribution in [3.8, 4) is 0 Å². The number of hydrogen-bond acceptors (Lipinski definition) is 1. The van der Waals surface area contributed by atoms with E-state index in [9.17, 15) is 8.78 Å². The molecule has 0 amide bonds. The van der Waals surface area contributed by atoms with Gasteiger partial charge in [-0.3, -0.25) is 4.90 Å². The predicted octanol–water partition coefficient (Wildman–Crippen LogP) is 2.12. The van der Waals surface area contributed by atoms with Crippen LogP contribution in [0.1, 0.15) is 27.2 Å². The van der Waals surface area contributed by atoms with Gasteiger partial charge < -0.3 is 0 Å². The molecule has 1 fully saturated rings. The van der Waals surface area contributed by atoms with Crippen LogP contribution in [0.15, 0.2) is 0 Å². The van der Waals surface area contributed by atoms with Gasteiger partial charge in [0, 0.05) is 19.5 Å². The molecule has 0 aliphatic carbocycles. The van der Waals surface area contributed by atoms with E-state index in [2.05, 4.69) is 0 Å². The maximum atomic E-state index is 12.7. The third-order valence-corrected chi connectivity index (χ3v) is 2.31. The molecule has 1 rings (SSSR count). The molecular formula is C8H15F2N. The largest absolute Gasteiger partial charge is 0.292 e. The van der Waals surface area contributed by atoms with Crippen LogP contribution in [-0.4, -0.2) is 29.5 Å². The molecule has 0 radical (unpaired) electrons. The molecule has 3 heteroatoms. The smallest absolute Gasteiger partial charge is 0.260 e. The van der Waals surface area contributed by atoms with Crippen molar-refractivity contribution in [2.75, 3.05) is 6.54 Å². The Bertz CT molecular complexity index is 140. The summed E-state index contributed by atoms with van der Waals surface area (Å²) in [5, 5.41) is 0. The molecule has 66 valence electrons. The first-order chi connectivity index (χ1) is 4.93. The van der Waals surface area contributed by atoms with E-state index in [4.69, 9.17) is 0 Å². The van der Waals surface area contributed by atoms with Crippen LogP contribution in [-0.2, 0) is 0 Å². The fourth-order valence-electron chi connectivity index (χ4n) is 1.57. The van der Waals surface area contributed by atoms with Crippen LogP contribution in [0.2, 0.25) is 0 Å². The summed E-state index contributed by atoms with van der Waals surface area (Å²) in [6.45, 7) is 5.74. The highest BCUT2D eigenvalue weighted by Crippen LogP contribution is 2.33. The van der Waals surface area contributed by atoms with Crippen LogP contribution in [0.3, 0.4) is 0 Å². The quantitative estimate of drug-likeness (QED) is 0.602. The zero-order chi connectivity index (χ0) is 8.65. The Hall–Kier alpha value is -0.180. The molecule has 11 heavy (non-hydrogen) atoms. The Labute approximate surface area is 66.4 Å². The topological polar surface area (TPSA) is 3.24 Å². The first-order valence-corrected chi connectivity index (χ1v) is 4.06. The van der Waals surface area contributed by atoms with Crippen molar-refractivity contribution >= 4 is 0 Å². The van der Waals surface area contributed by atoms with Crippen LogP contribution in [0, 0.1) is 0 Å². The van der Waals surface area contributed by atoms with E-state index >= 15 is 0 Å². The molecule has 0 aromatic heterocycles. The van der Waals surface area contributed by atoms with E-state index in [0.717, 1.165) is 13.5 Å². The molecule has 1 heterocycles. The van der Waals surface area contributed by atoms with Gasteiger partial charge >= 0.3 is 0 Å². The molecule has 0 N–H and O–H groups in total. The first kappa shape index (κ1) is 8.91. The second-order valence-corrected chi connectivity index (χ2v) is 3.59. The van der Waals surface area contributed by atoms with Gasteiger partial charge in [-0.05, 0) is 20.3 Å². The summed E-state index contributed by atoms with van der Waals surface area (Å²) in [4.78, 5) is 1.85. The minimum Gasteiger partial charge on any atom is -0.292 e. The van der Waals surface area contributed by atoms with E-state index in [1.54, 1.807) is 0 Å². The number of nitrogens with zero attached hydrogens (tertiary/aromatic N) is 1. The SMILES string of the molecule is CC(C)N1CCC1C(C)(F)F. The number of rotatable bonds is 2. The lowest BCUT2D eigenvalue weighted by Gasteiger charge is -2.46. The fourth-order valence-corrected chi connectivity index (χ4v) is 1.57. The summed E-state index contributed by atoms with van der Waals surface area (Å²) in [7, 11) is 0. The van der Waals surface area contributed by atoms with Gasteiger partial charge in [0.2, 0.25) is 0 Å². The Kier molecular flexibility index (Phi) is 2.19. The van der Waals surface area contributed by atoms with Crippen LogP contribution in [0.4, 0.5) is 8.78 Å². The van der Waals surface area contributed by atoms with Gasteiger partial charge in [-0.2, -0.15) is 0 Å².